The number of halogens is 2. The van der Waals surface area contributed by atoms with E-state index in [4.69, 9.17) is 21.1 Å². The van der Waals surface area contributed by atoms with E-state index in [1.54, 1.807) is 14.2 Å². The summed E-state index contributed by atoms with van der Waals surface area (Å²) in [4.78, 5) is 0. The van der Waals surface area contributed by atoms with Crippen LogP contribution in [0.3, 0.4) is 0 Å². The van der Waals surface area contributed by atoms with Crippen LogP contribution in [-0.4, -0.2) is 14.2 Å². The van der Waals surface area contributed by atoms with Crippen LogP contribution < -0.4 is 9.47 Å². The Balaban J connectivity index is 2.32. The zero-order chi connectivity index (χ0) is 13.8. The van der Waals surface area contributed by atoms with E-state index in [-0.39, 0.29) is 5.38 Å². The highest BCUT2D eigenvalue weighted by atomic mass is 79.9. The van der Waals surface area contributed by atoms with Gasteiger partial charge in [-0.2, -0.15) is 0 Å². The molecule has 0 fully saturated rings. The minimum atomic E-state index is -0.225. The molecular formula is C15H14BrClO2. The van der Waals surface area contributed by atoms with Gasteiger partial charge in [0.1, 0.15) is 11.5 Å². The van der Waals surface area contributed by atoms with Gasteiger partial charge in [-0.15, -0.1) is 11.6 Å². The van der Waals surface area contributed by atoms with E-state index >= 15 is 0 Å². The van der Waals surface area contributed by atoms with Crippen LogP contribution in [0, 0.1) is 0 Å². The van der Waals surface area contributed by atoms with Gasteiger partial charge in [0.15, 0.2) is 0 Å². The molecule has 0 N–H and O–H groups in total. The molecule has 19 heavy (non-hydrogen) atoms. The van der Waals surface area contributed by atoms with Gasteiger partial charge in [0.2, 0.25) is 0 Å². The summed E-state index contributed by atoms with van der Waals surface area (Å²) in [7, 11) is 3.28. The normalized spacial score (nSPS) is 12.0. The second-order valence-electron chi connectivity index (χ2n) is 4.03. The molecule has 0 aromatic heterocycles. The van der Waals surface area contributed by atoms with E-state index in [0.717, 1.165) is 27.1 Å². The molecule has 0 aliphatic rings. The van der Waals surface area contributed by atoms with Gasteiger partial charge < -0.3 is 9.47 Å². The van der Waals surface area contributed by atoms with Crippen molar-refractivity contribution in [2.45, 2.75) is 5.38 Å². The topological polar surface area (TPSA) is 18.5 Å². The van der Waals surface area contributed by atoms with E-state index in [9.17, 15) is 0 Å². The predicted octanol–water partition coefficient (Wildman–Crippen LogP) is 4.79. The van der Waals surface area contributed by atoms with E-state index in [1.165, 1.54) is 0 Å². The quantitative estimate of drug-likeness (QED) is 0.744. The summed E-state index contributed by atoms with van der Waals surface area (Å²) in [5.74, 6) is 1.59. The van der Waals surface area contributed by atoms with Gasteiger partial charge in [0.25, 0.3) is 0 Å². The van der Waals surface area contributed by atoms with Gasteiger partial charge >= 0.3 is 0 Å². The van der Waals surface area contributed by atoms with Gasteiger partial charge in [0, 0.05) is 0 Å². The van der Waals surface area contributed by atoms with Crippen molar-refractivity contribution in [3.63, 3.8) is 0 Å². The van der Waals surface area contributed by atoms with Gasteiger partial charge in [-0.25, -0.2) is 0 Å². The highest BCUT2D eigenvalue weighted by molar-refractivity contribution is 9.10. The Morgan fingerprint density at radius 3 is 2.37 bits per heavy atom. The van der Waals surface area contributed by atoms with Gasteiger partial charge in [0.05, 0.1) is 24.1 Å². The molecule has 0 radical (unpaired) electrons. The minimum Gasteiger partial charge on any atom is -0.497 e. The Hall–Kier alpha value is -1.19. The Morgan fingerprint density at radius 2 is 1.74 bits per heavy atom. The fourth-order valence-electron chi connectivity index (χ4n) is 1.83. The van der Waals surface area contributed by atoms with Crippen LogP contribution >= 0.6 is 27.5 Å². The third-order valence-electron chi connectivity index (χ3n) is 2.85. The van der Waals surface area contributed by atoms with Crippen molar-refractivity contribution >= 4 is 27.5 Å². The minimum absolute atomic E-state index is 0.225. The van der Waals surface area contributed by atoms with Crippen LogP contribution in [0.25, 0.3) is 0 Å². The number of methoxy groups -OCH3 is 2. The lowest BCUT2D eigenvalue weighted by Crippen LogP contribution is -1.95. The Bertz CT molecular complexity index is 572. The number of rotatable bonds is 4. The molecule has 0 saturated carbocycles. The Labute approximate surface area is 126 Å². The summed E-state index contributed by atoms with van der Waals surface area (Å²) in [6.45, 7) is 0. The van der Waals surface area contributed by atoms with Crippen molar-refractivity contribution in [2.24, 2.45) is 0 Å². The number of hydrogen-bond acceptors (Lipinski definition) is 2. The fourth-order valence-corrected chi connectivity index (χ4v) is 2.66. The molecule has 0 aliphatic heterocycles. The molecule has 2 aromatic rings. The summed E-state index contributed by atoms with van der Waals surface area (Å²) < 4.78 is 11.3. The lowest BCUT2D eigenvalue weighted by molar-refractivity contribution is 0.412. The predicted molar refractivity (Wildman–Crippen MR) is 81.4 cm³/mol. The highest BCUT2D eigenvalue weighted by Gasteiger charge is 2.13. The largest absolute Gasteiger partial charge is 0.497 e. The highest BCUT2D eigenvalue weighted by Crippen LogP contribution is 2.35. The van der Waals surface area contributed by atoms with Crippen LogP contribution in [0.4, 0.5) is 0 Å². The van der Waals surface area contributed by atoms with E-state index < -0.39 is 0 Å². The summed E-state index contributed by atoms with van der Waals surface area (Å²) in [5, 5.41) is -0.225. The van der Waals surface area contributed by atoms with Crippen LogP contribution in [0.2, 0.25) is 0 Å². The van der Waals surface area contributed by atoms with E-state index in [0.29, 0.717) is 0 Å². The molecule has 0 amide bonds. The van der Waals surface area contributed by atoms with Crippen LogP contribution in [0.5, 0.6) is 11.5 Å². The Morgan fingerprint density at radius 1 is 1.00 bits per heavy atom. The monoisotopic (exact) mass is 340 g/mol. The summed E-state index contributed by atoms with van der Waals surface area (Å²) in [6, 6.07) is 13.6. The molecule has 2 aromatic carbocycles. The van der Waals surface area contributed by atoms with Gasteiger partial charge in [-0.1, -0.05) is 18.2 Å². The number of hydrogen-bond donors (Lipinski definition) is 0. The van der Waals surface area contributed by atoms with Crippen molar-refractivity contribution in [2.75, 3.05) is 14.2 Å². The Kier molecular flexibility index (Phi) is 4.72. The van der Waals surface area contributed by atoms with Crippen molar-refractivity contribution in [3.8, 4) is 11.5 Å². The molecule has 0 aliphatic carbocycles. The maximum atomic E-state index is 6.51. The summed E-state index contributed by atoms with van der Waals surface area (Å²) >= 11 is 9.98. The number of alkyl halides is 1. The summed E-state index contributed by atoms with van der Waals surface area (Å²) in [5.41, 5.74) is 2.00. The fraction of sp³-hybridized carbons (Fsp3) is 0.200. The SMILES string of the molecule is COc1cccc(C(Cl)c2ccc(OC)c(Br)c2)c1. The lowest BCUT2D eigenvalue weighted by atomic mass is 10.0. The first-order chi connectivity index (χ1) is 9.15. The molecule has 0 saturated heterocycles. The molecule has 4 heteroatoms. The van der Waals surface area contributed by atoms with E-state index in [1.807, 2.05) is 42.5 Å². The molecule has 0 spiro atoms. The third kappa shape index (κ3) is 3.23. The first kappa shape index (κ1) is 14.2. The average molecular weight is 342 g/mol. The smallest absolute Gasteiger partial charge is 0.133 e. The standard InChI is InChI=1S/C15H14BrClO2/c1-18-12-5-3-4-10(8-12)15(17)11-6-7-14(19-2)13(16)9-11/h3-9,15H,1-2H3. The van der Waals surface area contributed by atoms with Gasteiger partial charge in [-0.3, -0.25) is 0 Å². The first-order valence-electron chi connectivity index (χ1n) is 5.77. The maximum absolute atomic E-state index is 6.51. The van der Waals surface area contributed by atoms with E-state index in [2.05, 4.69) is 15.9 Å². The zero-order valence-corrected chi connectivity index (χ0v) is 13.0. The molecule has 0 bridgehead atoms. The number of ether oxygens (including phenoxy) is 2. The zero-order valence-electron chi connectivity index (χ0n) is 10.7. The third-order valence-corrected chi connectivity index (χ3v) is 3.98. The van der Waals surface area contributed by atoms with Crippen molar-refractivity contribution in [1.29, 1.82) is 0 Å². The van der Waals surface area contributed by atoms with Crippen molar-refractivity contribution in [3.05, 3.63) is 58.1 Å². The second kappa shape index (κ2) is 6.31. The molecule has 0 heterocycles. The van der Waals surface area contributed by atoms with Crippen molar-refractivity contribution < 1.29 is 9.47 Å². The van der Waals surface area contributed by atoms with Gasteiger partial charge in [-0.05, 0) is 51.3 Å². The molecule has 100 valence electrons. The van der Waals surface area contributed by atoms with Crippen molar-refractivity contribution in [1.82, 2.24) is 0 Å². The van der Waals surface area contributed by atoms with Crippen LogP contribution in [-0.2, 0) is 0 Å². The second-order valence-corrected chi connectivity index (χ2v) is 5.32. The summed E-state index contributed by atoms with van der Waals surface area (Å²) in [6.07, 6.45) is 0. The molecule has 1 atom stereocenters. The maximum Gasteiger partial charge on any atom is 0.133 e. The lowest BCUT2D eigenvalue weighted by Gasteiger charge is -2.13. The average Bonchev–Trinajstić information content (AvgIpc) is 2.46. The molecular weight excluding hydrogens is 328 g/mol. The first-order valence-corrected chi connectivity index (χ1v) is 7.00. The molecule has 2 rings (SSSR count). The van der Waals surface area contributed by atoms with Crippen LogP contribution in [0.15, 0.2) is 46.9 Å². The number of benzene rings is 2. The van der Waals surface area contributed by atoms with Crippen LogP contribution in [0.1, 0.15) is 16.5 Å². The molecule has 1 unspecified atom stereocenters. The molecule has 2 nitrogen and oxygen atoms in total.